The van der Waals surface area contributed by atoms with Crippen LogP contribution in [0, 0.1) is 0 Å². The highest BCUT2D eigenvalue weighted by Crippen LogP contribution is 2.21. The van der Waals surface area contributed by atoms with E-state index in [1.54, 1.807) is 7.11 Å². The van der Waals surface area contributed by atoms with Crippen molar-refractivity contribution in [1.82, 2.24) is 9.80 Å². The summed E-state index contributed by atoms with van der Waals surface area (Å²) in [6.45, 7) is 8.10. The molecule has 0 unspecified atom stereocenters. The van der Waals surface area contributed by atoms with Gasteiger partial charge < -0.3 is 24.4 Å². The number of carbonyl (C=O) groups excluding carboxylic acids is 1. The third-order valence-electron chi connectivity index (χ3n) is 5.26. The van der Waals surface area contributed by atoms with Crippen molar-refractivity contribution >= 4 is 11.7 Å². The van der Waals surface area contributed by atoms with Crippen LogP contribution in [0.25, 0.3) is 0 Å². The molecule has 1 aliphatic rings. The van der Waals surface area contributed by atoms with E-state index in [9.17, 15) is 4.79 Å². The predicted molar refractivity (Wildman–Crippen MR) is 122 cm³/mol. The van der Waals surface area contributed by atoms with Crippen LogP contribution in [0.4, 0.5) is 10.5 Å². The second-order valence-corrected chi connectivity index (χ2v) is 7.43. The van der Waals surface area contributed by atoms with E-state index >= 15 is 0 Å². The molecule has 2 amide bonds. The van der Waals surface area contributed by atoms with Crippen LogP contribution in [-0.4, -0.2) is 68.9 Å². The number of hydrogen-bond donors (Lipinski definition) is 1. The van der Waals surface area contributed by atoms with Crippen molar-refractivity contribution in [3.05, 3.63) is 54.1 Å². The maximum atomic E-state index is 13.1. The van der Waals surface area contributed by atoms with Gasteiger partial charge in [0.1, 0.15) is 11.5 Å². The Bertz CT molecular complexity index is 807. The van der Waals surface area contributed by atoms with Gasteiger partial charge in [-0.3, -0.25) is 4.90 Å². The molecule has 1 aliphatic heterocycles. The number of methoxy groups -OCH3 is 1. The molecule has 0 bridgehead atoms. The van der Waals surface area contributed by atoms with Crippen molar-refractivity contribution in [2.24, 2.45) is 0 Å². The van der Waals surface area contributed by atoms with Gasteiger partial charge in [-0.15, -0.1) is 0 Å². The zero-order valence-corrected chi connectivity index (χ0v) is 18.5. The SMILES string of the molecule is CCOc1ccc(NC(=O)N(CCCN2CCOCC2)Cc2ccccc2OC)cc1. The monoisotopic (exact) mass is 427 g/mol. The summed E-state index contributed by atoms with van der Waals surface area (Å²) in [6, 6.07) is 15.1. The zero-order chi connectivity index (χ0) is 21.9. The van der Waals surface area contributed by atoms with Gasteiger partial charge in [0.05, 0.1) is 33.5 Å². The Morgan fingerprint density at radius 2 is 1.87 bits per heavy atom. The number of urea groups is 1. The minimum atomic E-state index is -0.128. The summed E-state index contributed by atoms with van der Waals surface area (Å²) in [5.41, 5.74) is 1.73. The van der Waals surface area contributed by atoms with Gasteiger partial charge in [-0.2, -0.15) is 0 Å². The van der Waals surface area contributed by atoms with Crippen molar-refractivity contribution < 1.29 is 19.0 Å². The summed E-state index contributed by atoms with van der Waals surface area (Å²) >= 11 is 0. The predicted octanol–water partition coefficient (Wildman–Crippen LogP) is 3.85. The molecule has 0 aliphatic carbocycles. The van der Waals surface area contributed by atoms with Crippen molar-refractivity contribution in [3.8, 4) is 11.5 Å². The van der Waals surface area contributed by atoms with Crippen molar-refractivity contribution in [1.29, 1.82) is 0 Å². The third kappa shape index (κ3) is 7.15. The van der Waals surface area contributed by atoms with E-state index in [1.807, 2.05) is 60.4 Å². The lowest BCUT2D eigenvalue weighted by Crippen LogP contribution is -2.40. The number of benzene rings is 2. The number of para-hydroxylation sites is 1. The van der Waals surface area contributed by atoms with Crippen LogP contribution in [-0.2, 0) is 11.3 Å². The molecule has 168 valence electrons. The molecule has 3 rings (SSSR count). The maximum absolute atomic E-state index is 13.1. The Labute approximate surface area is 184 Å². The molecule has 2 aromatic rings. The van der Waals surface area contributed by atoms with Crippen molar-refractivity contribution in [2.75, 3.05) is 58.4 Å². The first-order valence-electron chi connectivity index (χ1n) is 10.9. The number of ether oxygens (including phenoxy) is 3. The number of hydrogen-bond acceptors (Lipinski definition) is 5. The normalized spacial score (nSPS) is 14.1. The maximum Gasteiger partial charge on any atom is 0.322 e. The van der Waals surface area contributed by atoms with Crippen LogP contribution >= 0.6 is 0 Å². The first-order chi connectivity index (χ1) is 15.2. The number of nitrogens with one attached hydrogen (secondary N) is 1. The quantitative estimate of drug-likeness (QED) is 0.624. The smallest absolute Gasteiger partial charge is 0.322 e. The lowest BCUT2D eigenvalue weighted by atomic mass is 10.2. The van der Waals surface area contributed by atoms with Gasteiger partial charge in [-0.1, -0.05) is 18.2 Å². The second kappa shape index (κ2) is 12.2. The minimum absolute atomic E-state index is 0.128. The molecular weight excluding hydrogens is 394 g/mol. The molecule has 7 nitrogen and oxygen atoms in total. The minimum Gasteiger partial charge on any atom is -0.496 e. The third-order valence-corrected chi connectivity index (χ3v) is 5.26. The van der Waals surface area contributed by atoms with Gasteiger partial charge in [0.2, 0.25) is 0 Å². The Balaban J connectivity index is 1.64. The Morgan fingerprint density at radius 1 is 1.13 bits per heavy atom. The fraction of sp³-hybridized carbons (Fsp3) is 0.458. The Hall–Kier alpha value is -2.77. The molecule has 1 heterocycles. The molecule has 0 atom stereocenters. The zero-order valence-electron chi connectivity index (χ0n) is 18.5. The molecule has 31 heavy (non-hydrogen) atoms. The van der Waals surface area contributed by atoms with E-state index in [0.717, 1.165) is 62.0 Å². The van der Waals surface area contributed by atoms with Crippen LogP contribution in [0.15, 0.2) is 48.5 Å². The van der Waals surface area contributed by atoms with Gasteiger partial charge in [-0.25, -0.2) is 4.79 Å². The lowest BCUT2D eigenvalue weighted by Gasteiger charge is -2.28. The molecule has 1 fully saturated rings. The molecule has 0 spiro atoms. The highest BCUT2D eigenvalue weighted by Gasteiger charge is 2.17. The molecule has 0 radical (unpaired) electrons. The number of anilines is 1. The van der Waals surface area contributed by atoms with Gasteiger partial charge in [-0.05, 0) is 43.7 Å². The number of rotatable bonds is 10. The van der Waals surface area contributed by atoms with E-state index in [1.165, 1.54) is 0 Å². The lowest BCUT2D eigenvalue weighted by molar-refractivity contribution is 0.0365. The summed E-state index contributed by atoms with van der Waals surface area (Å²) in [5.74, 6) is 1.58. The number of carbonyl (C=O) groups is 1. The average molecular weight is 428 g/mol. The number of morpholine rings is 1. The van der Waals surface area contributed by atoms with E-state index in [2.05, 4.69) is 10.2 Å². The summed E-state index contributed by atoms with van der Waals surface area (Å²) in [4.78, 5) is 17.3. The Kier molecular flexibility index (Phi) is 8.99. The number of amides is 2. The fourth-order valence-corrected chi connectivity index (χ4v) is 3.61. The van der Waals surface area contributed by atoms with E-state index < -0.39 is 0 Å². The summed E-state index contributed by atoms with van der Waals surface area (Å²) in [6.07, 6.45) is 0.895. The van der Waals surface area contributed by atoms with Crippen molar-refractivity contribution in [3.63, 3.8) is 0 Å². The highest BCUT2D eigenvalue weighted by atomic mass is 16.5. The second-order valence-electron chi connectivity index (χ2n) is 7.43. The van der Waals surface area contributed by atoms with E-state index in [4.69, 9.17) is 14.2 Å². The van der Waals surface area contributed by atoms with E-state index in [-0.39, 0.29) is 6.03 Å². The van der Waals surface area contributed by atoms with Crippen LogP contribution in [0.3, 0.4) is 0 Å². The molecule has 1 N–H and O–H groups in total. The number of nitrogens with zero attached hydrogens (tertiary/aromatic N) is 2. The van der Waals surface area contributed by atoms with Crippen LogP contribution in [0.1, 0.15) is 18.9 Å². The molecule has 0 saturated carbocycles. The molecule has 0 aromatic heterocycles. The largest absolute Gasteiger partial charge is 0.496 e. The van der Waals surface area contributed by atoms with E-state index in [0.29, 0.717) is 19.7 Å². The summed E-state index contributed by atoms with van der Waals surface area (Å²) in [5, 5.41) is 3.01. The average Bonchev–Trinajstić information content (AvgIpc) is 2.81. The van der Waals surface area contributed by atoms with Crippen LogP contribution in [0.2, 0.25) is 0 Å². The van der Waals surface area contributed by atoms with Gasteiger partial charge >= 0.3 is 6.03 Å². The van der Waals surface area contributed by atoms with Gasteiger partial charge in [0.15, 0.2) is 0 Å². The molecule has 7 heteroatoms. The Morgan fingerprint density at radius 3 is 2.58 bits per heavy atom. The van der Waals surface area contributed by atoms with Gasteiger partial charge in [0.25, 0.3) is 0 Å². The van der Waals surface area contributed by atoms with Crippen molar-refractivity contribution in [2.45, 2.75) is 19.9 Å². The van der Waals surface area contributed by atoms with Crippen LogP contribution in [0.5, 0.6) is 11.5 Å². The molecule has 1 saturated heterocycles. The van der Waals surface area contributed by atoms with Gasteiger partial charge in [0, 0.05) is 37.4 Å². The summed E-state index contributed by atoms with van der Waals surface area (Å²) < 4.78 is 16.4. The first-order valence-corrected chi connectivity index (χ1v) is 10.9. The highest BCUT2D eigenvalue weighted by molar-refractivity contribution is 5.89. The topological polar surface area (TPSA) is 63.3 Å². The standard InChI is InChI=1S/C24H33N3O4/c1-3-31-22-11-9-21(10-12-22)25-24(28)27(14-6-13-26-15-17-30-18-16-26)19-20-7-4-5-8-23(20)29-2/h4-5,7-12H,3,6,13-19H2,1-2H3,(H,25,28). The van der Waals surface area contributed by atoms with Crippen LogP contribution < -0.4 is 14.8 Å². The fourth-order valence-electron chi connectivity index (χ4n) is 3.61. The molecular formula is C24H33N3O4. The summed E-state index contributed by atoms with van der Waals surface area (Å²) in [7, 11) is 1.65. The first kappa shape index (κ1) is 22.9. The molecule has 2 aromatic carbocycles.